The van der Waals surface area contributed by atoms with E-state index in [1.807, 2.05) is 62.4 Å². The van der Waals surface area contributed by atoms with Crippen molar-refractivity contribution >= 4 is 40.1 Å². The molecule has 5 rings (SSSR count). The Morgan fingerprint density at radius 3 is 2.32 bits per heavy atom. The number of rotatable bonds is 6. The second-order valence-corrected chi connectivity index (χ2v) is 10.3. The normalized spacial score (nSPS) is 11.9. The van der Waals surface area contributed by atoms with Gasteiger partial charge in [-0.1, -0.05) is 54.4 Å². The number of furan rings is 1. The molecule has 8 heteroatoms. The van der Waals surface area contributed by atoms with Crippen LogP contribution in [-0.4, -0.2) is 31.7 Å². The van der Waals surface area contributed by atoms with E-state index in [1.54, 1.807) is 6.20 Å². The molecule has 0 saturated heterocycles. The Hall–Kier alpha value is -3.45. The first-order chi connectivity index (χ1) is 17.6. The molecule has 0 aliphatic heterocycles. The molecule has 0 fully saturated rings. The van der Waals surface area contributed by atoms with Crippen molar-refractivity contribution < 1.29 is 14.3 Å². The Morgan fingerprint density at radius 2 is 1.73 bits per heavy atom. The summed E-state index contributed by atoms with van der Waals surface area (Å²) in [4.78, 5) is 17.9. The van der Waals surface area contributed by atoms with Gasteiger partial charge in [-0.05, 0) is 62.6 Å². The van der Waals surface area contributed by atoms with Crippen LogP contribution in [0.1, 0.15) is 42.6 Å². The highest BCUT2D eigenvalue weighted by Gasteiger charge is 2.32. The summed E-state index contributed by atoms with van der Waals surface area (Å²) in [5.74, 6) is -0.372. The quantitative estimate of drug-likeness (QED) is 0.218. The second-order valence-electron chi connectivity index (χ2n) is 9.50. The summed E-state index contributed by atoms with van der Waals surface area (Å²) >= 11 is 13.0. The Bertz CT molecular complexity index is 1640. The number of nitrogens with one attached hydrogen (secondary N) is 1. The highest BCUT2D eigenvalue weighted by atomic mass is 35.5. The van der Waals surface area contributed by atoms with Crippen molar-refractivity contribution in [3.05, 3.63) is 81.8 Å². The van der Waals surface area contributed by atoms with E-state index in [4.69, 9.17) is 32.6 Å². The first-order valence-electron chi connectivity index (χ1n) is 11.9. The molecule has 0 saturated carbocycles. The number of Topliss-reactive ketones (excluding diaryl/α,β-unsaturated/α-hetero) is 1. The zero-order valence-corrected chi connectivity index (χ0v) is 22.3. The van der Waals surface area contributed by atoms with Gasteiger partial charge >= 0.3 is 0 Å². The van der Waals surface area contributed by atoms with Crippen LogP contribution in [0.15, 0.2) is 59.1 Å². The first kappa shape index (κ1) is 25.2. The van der Waals surface area contributed by atoms with Gasteiger partial charge < -0.3 is 9.52 Å². The van der Waals surface area contributed by atoms with E-state index in [9.17, 15) is 9.90 Å². The van der Waals surface area contributed by atoms with Gasteiger partial charge in [-0.15, -0.1) is 0 Å². The number of halogens is 2. The van der Waals surface area contributed by atoms with E-state index in [1.165, 1.54) is 13.8 Å². The molecular formula is C29H25Cl2N3O3. The minimum Gasteiger partial charge on any atom is -0.434 e. The number of pyridine rings is 1. The third kappa shape index (κ3) is 4.57. The first-order valence-corrected chi connectivity index (χ1v) is 12.6. The standard InChI is InChI=1S/C29H25Cl2N3O3/c1-5-19-22-13-21(16-6-9-18(30)10-7-16)25(33-28(22)37-26(19)27(35)29(3,4)36)20-11-8-17(12-24(20)31)23-14-32-34-15(23)2/h6-14,36H,5H2,1-4H3,(H,32,34). The van der Waals surface area contributed by atoms with Crippen LogP contribution in [0.4, 0.5) is 0 Å². The lowest BCUT2D eigenvalue weighted by atomic mass is 9.94. The number of hydrogen-bond donors (Lipinski definition) is 2. The predicted molar refractivity (Wildman–Crippen MR) is 147 cm³/mol. The zero-order chi connectivity index (χ0) is 26.5. The van der Waals surface area contributed by atoms with Crippen LogP contribution < -0.4 is 0 Å². The van der Waals surface area contributed by atoms with E-state index >= 15 is 0 Å². The van der Waals surface area contributed by atoms with Gasteiger partial charge in [0.2, 0.25) is 11.5 Å². The van der Waals surface area contributed by atoms with Crippen LogP contribution >= 0.6 is 23.2 Å². The van der Waals surface area contributed by atoms with Gasteiger partial charge in [0, 0.05) is 38.4 Å². The molecule has 0 amide bonds. The highest BCUT2D eigenvalue weighted by Crippen LogP contribution is 2.41. The molecule has 0 radical (unpaired) electrons. The average Bonchev–Trinajstić information content (AvgIpc) is 3.45. The monoisotopic (exact) mass is 533 g/mol. The van der Waals surface area contributed by atoms with Crippen LogP contribution in [0.5, 0.6) is 0 Å². The van der Waals surface area contributed by atoms with Gasteiger partial charge in [-0.2, -0.15) is 5.10 Å². The molecule has 3 heterocycles. The molecule has 37 heavy (non-hydrogen) atoms. The predicted octanol–water partition coefficient (Wildman–Crippen LogP) is 7.68. The molecule has 0 aliphatic rings. The number of nitrogens with zero attached hydrogens (tertiary/aromatic N) is 2. The lowest BCUT2D eigenvalue weighted by Gasteiger charge is -2.14. The summed E-state index contributed by atoms with van der Waals surface area (Å²) in [6.45, 7) is 6.79. The molecular weight excluding hydrogens is 509 g/mol. The Balaban J connectivity index is 1.76. The minimum absolute atomic E-state index is 0.119. The maximum absolute atomic E-state index is 13.0. The number of hydrogen-bond acceptors (Lipinski definition) is 5. The van der Waals surface area contributed by atoms with Crippen molar-refractivity contribution in [3.63, 3.8) is 0 Å². The summed E-state index contributed by atoms with van der Waals surface area (Å²) in [5.41, 5.74) is 5.28. The van der Waals surface area contributed by atoms with Gasteiger partial charge in [-0.25, -0.2) is 4.98 Å². The SMILES string of the molecule is CCc1c(C(=O)C(C)(C)O)oc2nc(-c3ccc(-c4cn[nH]c4C)cc3Cl)c(-c3ccc(Cl)cc3)cc12. The average molecular weight is 534 g/mol. The Kier molecular flexibility index (Phi) is 6.44. The van der Waals surface area contributed by atoms with E-state index in [0.717, 1.165) is 27.9 Å². The van der Waals surface area contributed by atoms with E-state index in [0.29, 0.717) is 44.4 Å². The summed E-state index contributed by atoms with van der Waals surface area (Å²) < 4.78 is 5.99. The Morgan fingerprint density at radius 1 is 1.03 bits per heavy atom. The minimum atomic E-state index is -1.58. The van der Waals surface area contributed by atoms with Crippen LogP contribution in [0.25, 0.3) is 44.6 Å². The molecule has 2 N–H and O–H groups in total. The lowest BCUT2D eigenvalue weighted by Crippen LogP contribution is -2.31. The fraction of sp³-hybridized carbons (Fsp3) is 0.207. The summed E-state index contributed by atoms with van der Waals surface area (Å²) in [6, 6.07) is 15.2. The molecule has 0 bridgehead atoms. The van der Waals surface area contributed by atoms with Gasteiger partial charge in [0.15, 0.2) is 5.76 Å². The third-order valence-electron chi connectivity index (χ3n) is 6.42. The number of H-pyrrole nitrogens is 1. The molecule has 0 spiro atoms. The molecule has 0 unspecified atom stereocenters. The number of fused-ring (bicyclic) bond motifs is 1. The van der Waals surface area contributed by atoms with Crippen molar-refractivity contribution in [2.75, 3.05) is 0 Å². The van der Waals surface area contributed by atoms with Crippen molar-refractivity contribution in [3.8, 4) is 33.5 Å². The number of benzene rings is 2. The Labute approximate surface area is 224 Å². The molecule has 2 aromatic carbocycles. The van der Waals surface area contributed by atoms with Crippen LogP contribution in [0.2, 0.25) is 10.0 Å². The van der Waals surface area contributed by atoms with E-state index in [-0.39, 0.29) is 5.76 Å². The number of aromatic nitrogens is 3. The number of aryl methyl sites for hydroxylation is 2. The van der Waals surface area contributed by atoms with Gasteiger partial charge in [0.25, 0.3) is 0 Å². The van der Waals surface area contributed by atoms with Crippen LogP contribution in [0.3, 0.4) is 0 Å². The maximum atomic E-state index is 13.0. The molecule has 6 nitrogen and oxygen atoms in total. The van der Waals surface area contributed by atoms with Crippen LogP contribution in [0, 0.1) is 6.92 Å². The smallest absolute Gasteiger partial charge is 0.229 e. The van der Waals surface area contributed by atoms with Crippen molar-refractivity contribution in [2.24, 2.45) is 0 Å². The topological polar surface area (TPSA) is 92.0 Å². The van der Waals surface area contributed by atoms with Crippen LogP contribution in [-0.2, 0) is 6.42 Å². The van der Waals surface area contributed by atoms with Gasteiger partial charge in [-0.3, -0.25) is 9.89 Å². The summed E-state index contributed by atoms with van der Waals surface area (Å²) in [5, 5.41) is 19.3. The number of aliphatic hydroxyl groups is 1. The zero-order valence-electron chi connectivity index (χ0n) is 20.8. The molecule has 3 aromatic heterocycles. The highest BCUT2D eigenvalue weighted by molar-refractivity contribution is 6.34. The molecule has 0 aliphatic carbocycles. The summed E-state index contributed by atoms with van der Waals surface area (Å²) in [7, 11) is 0. The number of carbonyl (C=O) groups is 1. The number of aromatic amines is 1. The molecule has 188 valence electrons. The lowest BCUT2D eigenvalue weighted by molar-refractivity contribution is 0.0459. The fourth-order valence-electron chi connectivity index (χ4n) is 4.45. The van der Waals surface area contributed by atoms with Crippen molar-refractivity contribution in [2.45, 2.75) is 39.7 Å². The third-order valence-corrected chi connectivity index (χ3v) is 6.99. The van der Waals surface area contributed by atoms with Gasteiger partial charge in [0.05, 0.1) is 16.9 Å². The van der Waals surface area contributed by atoms with Crippen molar-refractivity contribution in [1.82, 2.24) is 15.2 Å². The van der Waals surface area contributed by atoms with E-state index < -0.39 is 11.4 Å². The number of ketones is 1. The molecule has 0 atom stereocenters. The number of carbonyl (C=O) groups excluding carboxylic acids is 1. The maximum Gasteiger partial charge on any atom is 0.229 e. The second kappa shape index (κ2) is 9.45. The van der Waals surface area contributed by atoms with E-state index in [2.05, 4.69) is 10.2 Å². The molecule has 5 aromatic rings. The fourth-order valence-corrected chi connectivity index (χ4v) is 4.85. The summed E-state index contributed by atoms with van der Waals surface area (Å²) in [6.07, 6.45) is 2.30. The largest absolute Gasteiger partial charge is 0.434 e. The van der Waals surface area contributed by atoms with Gasteiger partial charge in [0.1, 0.15) is 5.60 Å². The van der Waals surface area contributed by atoms with Crippen molar-refractivity contribution in [1.29, 1.82) is 0 Å².